The molecule has 21 heavy (non-hydrogen) atoms. The first-order valence-corrected chi connectivity index (χ1v) is 7.55. The minimum Gasteiger partial charge on any atom is -0.325 e. The largest absolute Gasteiger partial charge is 0.325 e. The average Bonchev–Trinajstić information content (AvgIpc) is 2.32. The molecule has 0 fully saturated rings. The molecule has 0 spiro atoms. The van der Waals surface area contributed by atoms with Gasteiger partial charge in [-0.1, -0.05) is 11.6 Å². The summed E-state index contributed by atoms with van der Waals surface area (Å²) in [6.45, 7) is 1.75. The number of nitrogens with one attached hydrogen (secondary N) is 3. The van der Waals surface area contributed by atoms with Crippen LogP contribution in [0.3, 0.4) is 0 Å². The van der Waals surface area contributed by atoms with E-state index in [0.717, 1.165) is 12.1 Å². The van der Waals surface area contributed by atoms with Crippen LogP contribution < -0.4 is 15.4 Å². The molecule has 1 aromatic carbocycles. The predicted molar refractivity (Wildman–Crippen MR) is 82.1 cm³/mol. The van der Waals surface area contributed by atoms with Crippen molar-refractivity contribution in [2.75, 3.05) is 25.5 Å². The molecule has 0 heterocycles. The fourth-order valence-electron chi connectivity index (χ4n) is 1.41. The number of benzene rings is 1. The van der Waals surface area contributed by atoms with Crippen molar-refractivity contribution in [3.63, 3.8) is 0 Å². The minimum atomic E-state index is -3.99. The Hall–Kier alpha value is -0.930. The molecule has 0 saturated carbocycles. The maximum absolute atomic E-state index is 13.8. The Morgan fingerprint density at radius 3 is 2.48 bits per heavy atom. The van der Waals surface area contributed by atoms with Gasteiger partial charge in [0, 0.05) is 26.1 Å². The van der Waals surface area contributed by atoms with Crippen LogP contribution in [0.1, 0.15) is 6.92 Å². The Morgan fingerprint density at radius 1 is 1.33 bits per heavy atom. The van der Waals surface area contributed by atoms with Gasteiger partial charge in [0.25, 0.3) is 0 Å². The Balaban J connectivity index is 0.00000400. The summed E-state index contributed by atoms with van der Waals surface area (Å²) in [4.78, 5) is 10.3. The fourth-order valence-corrected chi connectivity index (χ4v) is 2.80. The van der Waals surface area contributed by atoms with Crippen LogP contribution in [0.2, 0.25) is 5.02 Å². The number of likely N-dealkylation sites (N-methyl/N-ethyl adjacent to an activating group) is 1. The van der Waals surface area contributed by atoms with Gasteiger partial charge in [0.05, 0.1) is 10.7 Å². The third-order valence-corrected chi connectivity index (χ3v) is 4.08. The van der Waals surface area contributed by atoms with E-state index >= 15 is 0 Å². The molecule has 0 aliphatic rings. The molecule has 0 saturated heterocycles. The van der Waals surface area contributed by atoms with Crippen LogP contribution in [0.15, 0.2) is 17.0 Å². The molecule has 0 aromatic heterocycles. The molecule has 0 aliphatic heterocycles. The Morgan fingerprint density at radius 2 is 1.95 bits per heavy atom. The highest BCUT2D eigenvalue weighted by molar-refractivity contribution is 7.89. The highest BCUT2D eigenvalue weighted by atomic mass is 35.5. The second-order valence-electron chi connectivity index (χ2n) is 3.94. The maximum Gasteiger partial charge on any atom is 0.243 e. The smallest absolute Gasteiger partial charge is 0.243 e. The lowest BCUT2D eigenvalue weighted by Gasteiger charge is -2.11. The van der Waals surface area contributed by atoms with Crippen LogP contribution in [0, 0.1) is 5.82 Å². The second kappa shape index (κ2) is 8.50. The highest BCUT2D eigenvalue weighted by Gasteiger charge is 2.21. The minimum absolute atomic E-state index is 0. The molecule has 6 nitrogen and oxygen atoms in total. The van der Waals surface area contributed by atoms with Gasteiger partial charge >= 0.3 is 0 Å². The number of halogens is 3. The summed E-state index contributed by atoms with van der Waals surface area (Å²) in [5, 5.41) is 5.00. The lowest BCUT2D eigenvalue weighted by atomic mass is 10.3. The topological polar surface area (TPSA) is 87.3 Å². The summed E-state index contributed by atoms with van der Waals surface area (Å²) in [6.07, 6.45) is 0. The molecule has 0 atom stereocenters. The van der Waals surface area contributed by atoms with Gasteiger partial charge in [0.15, 0.2) is 0 Å². The number of carbonyl (C=O) groups is 1. The van der Waals surface area contributed by atoms with Gasteiger partial charge in [-0.2, -0.15) is 0 Å². The van der Waals surface area contributed by atoms with Crippen LogP contribution in [0.4, 0.5) is 10.1 Å². The number of hydrogen-bond acceptors (Lipinski definition) is 4. The van der Waals surface area contributed by atoms with E-state index in [1.165, 1.54) is 6.92 Å². The molecule has 3 N–H and O–H groups in total. The van der Waals surface area contributed by atoms with Gasteiger partial charge in [-0.15, -0.1) is 12.4 Å². The van der Waals surface area contributed by atoms with E-state index in [1.807, 2.05) is 0 Å². The summed E-state index contributed by atoms with van der Waals surface area (Å²) in [5.74, 6) is -1.43. The molecule has 10 heteroatoms. The quantitative estimate of drug-likeness (QED) is 0.669. The van der Waals surface area contributed by atoms with E-state index in [0.29, 0.717) is 6.54 Å². The third kappa shape index (κ3) is 5.76. The van der Waals surface area contributed by atoms with E-state index < -0.39 is 26.6 Å². The molecular weight excluding hydrogens is 344 g/mol. The predicted octanol–water partition coefficient (Wildman–Crippen LogP) is 1.36. The lowest BCUT2D eigenvalue weighted by Crippen LogP contribution is -2.31. The Kier molecular flexibility index (Phi) is 8.12. The van der Waals surface area contributed by atoms with Gasteiger partial charge in [0.1, 0.15) is 10.7 Å². The first-order valence-electron chi connectivity index (χ1n) is 5.69. The van der Waals surface area contributed by atoms with E-state index in [-0.39, 0.29) is 29.7 Å². The summed E-state index contributed by atoms with van der Waals surface area (Å²) < 4.78 is 39.8. The van der Waals surface area contributed by atoms with Crippen LogP contribution in [-0.2, 0) is 14.8 Å². The van der Waals surface area contributed by atoms with Crippen molar-refractivity contribution in [2.24, 2.45) is 0 Å². The van der Waals surface area contributed by atoms with E-state index in [9.17, 15) is 17.6 Å². The molecule has 1 amide bonds. The number of rotatable bonds is 6. The van der Waals surface area contributed by atoms with Crippen LogP contribution in [-0.4, -0.2) is 34.5 Å². The van der Waals surface area contributed by atoms with Gasteiger partial charge < -0.3 is 10.6 Å². The SMILES string of the molecule is CNCCNS(=O)(=O)c1cc(Cl)c(NC(C)=O)cc1F.Cl. The van der Waals surface area contributed by atoms with Crippen molar-refractivity contribution in [1.29, 1.82) is 0 Å². The molecule has 0 unspecified atom stereocenters. The zero-order chi connectivity index (χ0) is 15.3. The van der Waals surface area contributed by atoms with Gasteiger partial charge in [-0.3, -0.25) is 4.79 Å². The van der Waals surface area contributed by atoms with Gasteiger partial charge in [-0.25, -0.2) is 17.5 Å². The van der Waals surface area contributed by atoms with E-state index in [1.54, 1.807) is 7.05 Å². The fraction of sp³-hybridized carbons (Fsp3) is 0.364. The zero-order valence-corrected chi connectivity index (χ0v) is 13.8. The molecule has 0 aliphatic carbocycles. The number of hydrogen-bond donors (Lipinski definition) is 3. The van der Waals surface area contributed by atoms with Crippen LogP contribution >= 0.6 is 24.0 Å². The lowest BCUT2D eigenvalue weighted by molar-refractivity contribution is -0.114. The standard InChI is InChI=1S/C11H15ClFN3O3S.ClH/c1-7(17)16-10-6-9(13)11(5-8(10)12)20(18,19)15-4-3-14-2;/h5-6,14-15H,3-4H2,1-2H3,(H,16,17);1H. The van der Waals surface area contributed by atoms with Crippen molar-refractivity contribution in [3.05, 3.63) is 23.0 Å². The summed E-state index contributed by atoms with van der Waals surface area (Å²) in [5.41, 5.74) is 0.0193. The molecule has 120 valence electrons. The normalized spacial score (nSPS) is 10.9. The molecule has 1 aromatic rings. The van der Waals surface area contributed by atoms with Crippen molar-refractivity contribution in [2.45, 2.75) is 11.8 Å². The third-order valence-electron chi connectivity index (χ3n) is 2.29. The summed E-state index contributed by atoms with van der Waals surface area (Å²) in [7, 11) is -2.33. The Bertz CT molecular complexity index is 611. The molecule has 0 radical (unpaired) electrons. The average molecular weight is 360 g/mol. The first-order chi connectivity index (χ1) is 9.27. The van der Waals surface area contributed by atoms with Crippen molar-refractivity contribution >= 4 is 45.6 Å². The highest BCUT2D eigenvalue weighted by Crippen LogP contribution is 2.27. The number of sulfonamides is 1. The zero-order valence-electron chi connectivity index (χ0n) is 11.4. The summed E-state index contributed by atoms with van der Waals surface area (Å²) >= 11 is 5.83. The first kappa shape index (κ1) is 20.1. The van der Waals surface area contributed by atoms with Crippen LogP contribution in [0.5, 0.6) is 0 Å². The van der Waals surface area contributed by atoms with Crippen molar-refractivity contribution < 1.29 is 17.6 Å². The van der Waals surface area contributed by atoms with Gasteiger partial charge in [-0.05, 0) is 13.1 Å². The van der Waals surface area contributed by atoms with Crippen LogP contribution in [0.25, 0.3) is 0 Å². The van der Waals surface area contributed by atoms with Crippen molar-refractivity contribution in [3.8, 4) is 0 Å². The van der Waals surface area contributed by atoms with E-state index in [2.05, 4.69) is 15.4 Å². The number of amides is 1. The van der Waals surface area contributed by atoms with Gasteiger partial charge in [0.2, 0.25) is 15.9 Å². The Labute approximate surface area is 133 Å². The molecule has 0 bridgehead atoms. The maximum atomic E-state index is 13.8. The molecule has 1 rings (SSSR count). The van der Waals surface area contributed by atoms with Crippen molar-refractivity contribution in [1.82, 2.24) is 10.0 Å². The second-order valence-corrected chi connectivity index (χ2v) is 6.09. The number of carbonyl (C=O) groups excluding carboxylic acids is 1. The number of anilines is 1. The van der Waals surface area contributed by atoms with E-state index in [4.69, 9.17) is 11.6 Å². The monoisotopic (exact) mass is 359 g/mol. The summed E-state index contributed by atoms with van der Waals surface area (Å²) in [6, 6.07) is 1.83. The molecular formula is C11H16Cl2FN3O3S.